The lowest BCUT2D eigenvalue weighted by atomic mass is 10.2. The average molecular weight is 407 g/mol. The number of rotatable bonds is 7. The van der Waals surface area contributed by atoms with E-state index in [0.717, 1.165) is 11.1 Å². The molecule has 0 aliphatic heterocycles. The van der Waals surface area contributed by atoms with E-state index >= 15 is 0 Å². The van der Waals surface area contributed by atoms with Gasteiger partial charge in [0.25, 0.3) is 10.0 Å². The molecular weight excluding hydrogens is 388 g/mol. The van der Waals surface area contributed by atoms with Crippen LogP contribution in [0.25, 0.3) is 10.9 Å². The summed E-state index contributed by atoms with van der Waals surface area (Å²) in [5.74, 6) is -0.117. The van der Waals surface area contributed by atoms with Crippen molar-refractivity contribution in [3.8, 4) is 5.75 Å². The number of para-hydroxylation sites is 1. The van der Waals surface area contributed by atoms with Gasteiger partial charge < -0.3 is 9.64 Å². The summed E-state index contributed by atoms with van der Waals surface area (Å²) in [6.45, 7) is -2.36. The van der Waals surface area contributed by atoms with Crippen LogP contribution in [0, 0.1) is 0 Å². The molecule has 9 heteroatoms. The minimum absolute atomic E-state index is 0.0736. The van der Waals surface area contributed by atoms with Crippen LogP contribution in [0.2, 0.25) is 0 Å². The predicted octanol–water partition coefficient (Wildman–Crippen LogP) is 3.70. The molecule has 0 aliphatic carbocycles. The zero-order valence-electron chi connectivity index (χ0n) is 15.3. The van der Waals surface area contributed by atoms with E-state index in [1.54, 1.807) is 12.1 Å². The molecule has 0 fully saturated rings. The quantitative estimate of drug-likeness (QED) is 0.647. The van der Waals surface area contributed by atoms with E-state index in [1.807, 2.05) is 37.2 Å². The number of pyridine rings is 1. The molecule has 0 saturated carbocycles. The summed E-state index contributed by atoms with van der Waals surface area (Å²) < 4.78 is 56.7. The van der Waals surface area contributed by atoms with Crippen LogP contribution in [0.4, 0.5) is 14.5 Å². The maximum absolute atomic E-state index is 12.7. The van der Waals surface area contributed by atoms with E-state index in [9.17, 15) is 17.2 Å². The monoisotopic (exact) mass is 407 g/mol. The second-order valence-electron chi connectivity index (χ2n) is 6.37. The number of halogens is 2. The van der Waals surface area contributed by atoms with E-state index in [1.165, 1.54) is 24.3 Å². The first-order chi connectivity index (χ1) is 13.2. The van der Waals surface area contributed by atoms with Gasteiger partial charge in [-0.3, -0.25) is 4.72 Å². The molecule has 0 spiro atoms. The molecule has 3 aromatic rings. The number of fused-ring (bicyclic) bond motifs is 1. The number of benzene rings is 2. The molecule has 0 radical (unpaired) electrons. The fraction of sp³-hybridized carbons (Fsp3) is 0.211. The van der Waals surface area contributed by atoms with Crippen molar-refractivity contribution in [1.29, 1.82) is 0 Å². The van der Waals surface area contributed by atoms with E-state index in [2.05, 4.69) is 14.4 Å². The molecule has 148 valence electrons. The van der Waals surface area contributed by atoms with Crippen LogP contribution in [0.5, 0.6) is 5.75 Å². The van der Waals surface area contributed by atoms with Gasteiger partial charge in [0.05, 0.1) is 21.8 Å². The first kappa shape index (κ1) is 20.0. The molecule has 6 nitrogen and oxygen atoms in total. The number of nitrogens with zero attached hydrogens (tertiary/aromatic N) is 2. The van der Waals surface area contributed by atoms with Crippen molar-refractivity contribution in [2.75, 3.05) is 18.8 Å². The number of hydrogen-bond acceptors (Lipinski definition) is 5. The molecule has 1 heterocycles. The lowest BCUT2D eigenvalue weighted by Gasteiger charge is -2.13. The Bertz CT molecular complexity index is 1070. The highest BCUT2D eigenvalue weighted by Gasteiger charge is 2.17. The van der Waals surface area contributed by atoms with Crippen LogP contribution in [0.15, 0.2) is 59.5 Å². The van der Waals surface area contributed by atoms with Gasteiger partial charge in [-0.05, 0) is 50.5 Å². The summed E-state index contributed by atoms with van der Waals surface area (Å²) in [4.78, 5) is 6.46. The highest BCUT2D eigenvalue weighted by molar-refractivity contribution is 7.92. The summed E-state index contributed by atoms with van der Waals surface area (Å²) in [6.07, 6.45) is 0. The number of alkyl halides is 2. The fourth-order valence-electron chi connectivity index (χ4n) is 2.69. The number of nitrogens with one attached hydrogen (secondary N) is 1. The molecule has 0 amide bonds. The number of aromatic nitrogens is 1. The zero-order valence-corrected chi connectivity index (χ0v) is 16.1. The Kier molecular flexibility index (Phi) is 5.76. The van der Waals surface area contributed by atoms with Gasteiger partial charge in [-0.15, -0.1) is 0 Å². The Morgan fingerprint density at radius 2 is 1.79 bits per heavy atom. The molecule has 0 unspecified atom stereocenters. The third kappa shape index (κ3) is 4.73. The highest BCUT2D eigenvalue weighted by Crippen LogP contribution is 2.26. The minimum atomic E-state index is -3.93. The molecular formula is C19H19F2N3O3S. The Morgan fingerprint density at radius 1 is 1.07 bits per heavy atom. The summed E-state index contributed by atoms with van der Waals surface area (Å²) >= 11 is 0. The SMILES string of the molecule is CN(C)Cc1ccc2cccc(NS(=O)(=O)c3ccc(OC(F)F)cc3)c2n1. The van der Waals surface area contributed by atoms with Gasteiger partial charge in [-0.1, -0.05) is 18.2 Å². The molecule has 3 rings (SSSR count). The Hall–Kier alpha value is -2.78. The lowest BCUT2D eigenvalue weighted by molar-refractivity contribution is -0.0498. The van der Waals surface area contributed by atoms with Gasteiger partial charge in [-0.25, -0.2) is 13.4 Å². The molecule has 0 saturated heterocycles. The average Bonchev–Trinajstić information content (AvgIpc) is 2.61. The summed E-state index contributed by atoms with van der Waals surface area (Å²) in [5, 5.41) is 0.795. The molecule has 1 N–H and O–H groups in total. The summed E-state index contributed by atoms with van der Waals surface area (Å²) in [7, 11) is -0.0923. The maximum Gasteiger partial charge on any atom is 0.387 e. The van der Waals surface area contributed by atoms with Gasteiger partial charge >= 0.3 is 6.61 Å². The third-order valence-electron chi connectivity index (χ3n) is 3.86. The Labute approximate surface area is 161 Å². The van der Waals surface area contributed by atoms with Crippen LogP contribution >= 0.6 is 0 Å². The standard InChI is InChI=1S/C19H19F2N3O3S/c1-24(2)12-14-7-6-13-4-3-5-17(18(13)22-14)23-28(25,26)16-10-8-15(9-11-16)27-19(20)21/h3-11,19,23H,12H2,1-2H3. The number of ether oxygens (including phenoxy) is 1. The fourth-order valence-corrected chi connectivity index (χ4v) is 3.75. The Balaban J connectivity index is 1.92. The van der Waals surface area contributed by atoms with Gasteiger partial charge in [0.1, 0.15) is 5.75 Å². The smallest absolute Gasteiger partial charge is 0.387 e. The third-order valence-corrected chi connectivity index (χ3v) is 5.24. The van der Waals surface area contributed by atoms with Crippen molar-refractivity contribution in [1.82, 2.24) is 9.88 Å². The first-order valence-electron chi connectivity index (χ1n) is 8.36. The number of hydrogen-bond donors (Lipinski definition) is 1. The largest absolute Gasteiger partial charge is 0.435 e. The van der Waals surface area contributed by atoms with Crippen LogP contribution in [0.3, 0.4) is 0 Å². The van der Waals surface area contributed by atoms with Crippen molar-refractivity contribution >= 4 is 26.6 Å². The minimum Gasteiger partial charge on any atom is -0.435 e. The zero-order chi connectivity index (χ0) is 20.3. The molecule has 0 atom stereocenters. The van der Waals surface area contributed by atoms with Gasteiger partial charge in [0.2, 0.25) is 0 Å². The van der Waals surface area contributed by atoms with Crippen LogP contribution in [0.1, 0.15) is 5.69 Å². The summed E-state index contributed by atoms with van der Waals surface area (Å²) in [5.41, 5.74) is 1.67. The van der Waals surface area contributed by atoms with Gasteiger partial charge in [-0.2, -0.15) is 8.78 Å². The molecule has 2 aromatic carbocycles. The highest BCUT2D eigenvalue weighted by atomic mass is 32.2. The molecule has 0 aliphatic rings. The van der Waals surface area contributed by atoms with Crippen molar-refractivity contribution in [2.24, 2.45) is 0 Å². The van der Waals surface area contributed by atoms with Crippen LogP contribution < -0.4 is 9.46 Å². The number of anilines is 1. The predicted molar refractivity (Wildman–Crippen MR) is 103 cm³/mol. The van der Waals surface area contributed by atoms with E-state index in [-0.39, 0.29) is 10.6 Å². The Morgan fingerprint density at radius 3 is 2.43 bits per heavy atom. The van der Waals surface area contributed by atoms with E-state index in [4.69, 9.17) is 0 Å². The van der Waals surface area contributed by atoms with Crippen molar-refractivity contribution in [2.45, 2.75) is 18.1 Å². The van der Waals surface area contributed by atoms with E-state index in [0.29, 0.717) is 17.7 Å². The normalized spacial score (nSPS) is 11.9. The summed E-state index contributed by atoms with van der Waals surface area (Å²) in [6, 6.07) is 13.7. The molecule has 28 heavy (non-hydrogen) atoms. The van der Waals surface area contributed by atoms with Crippen LogP contribution in [-0.2, 0) is 16.6 Å². The molecule has 1 aromatic heterocycles. The maximum atomic E-state index is 12.7. The van der Waals surface area contributed by atoms with Crippen molar-refractivity contribution < 1.29 is 21.9 Å². The molecule has 0 bridgehead atoms. The van der Waals surface area contributed by atoms with Crippen molar-refractivity contribution in [3.05, 3.63) is 60.3 Å². The topological polar surface area (TPSA) is 71.5 Å². The second-order valence-corrected chi connectivity index (χ2v) is 8.06. The van der Waals surface area contributed by atoms with Crippen LogP contribution in [-0.4, -0.2) is 39.0 Å². The number of sulfonamides is 1. The lowest BCUT2D eigenvalue weighted by Crippen LogP contribution is -2.14. The second kappa shape index (κ2) is 8.07. The van der Waals surface area contributed by atoms with Crippen molar-refractivity contribution in [3.63, 3.8) is 0 Å². The van der Waals surface area contributed by atoms with Gasteiger partial charge in [0, 0.05) is 11.9 Å². The van der Waals surface area contributed by atoms with Gasteiger partial charge in [0.15, 0.2) is 0 Å². The van der Waals surface area contributed by atoms with E-state index < -0.39 is 16.6 Å². The first-order valence-corrected chi connectivity index (χ1v) is 9.84.